The smallest absolute Gasteiger partial charge is 0.341 e. The number of furan rings is 1. The summed E-state index contributed by atoms with van der Waals surface area (Å²) in [7, 11) is 0. The van der Waals surface area contributed by atoms with Gasteiger partial charge < -0.3 is 14.3 Å². The van der Waals surface area contributed by atoms with Gasteiger partial charge in [-0.15, -0.1) is 0 Å². The van der Waals surface area contributed by atoms with Gasteiger partial charge in [0.2, 0.25) is 0 Å². The van der Waals surface area contributed by atoms with Crippen molar-refractivity contribution in [2.24, 2.45) is 0 Å². The van der Waals surface area contributed by atoms with Gasteiger partial charge in [0.05, 0.1) is 12.0 Å². The summed E-state index contributed by atoms with van der Waals surface area (Å²) in [6, 6.07) is 6.91. The van der Waals surface area contributed by atoms with Crippen molar-refractivity contribution in [3.63, 3.8) is 0 Å². The lowest BCUT2D eigenvalue weighted by atomic mass is 10.1. The summed E-state index contributed by atoms with van der Waals surface area (Å²) in [6.45, 7) is 1.82. The molecule has 98 valence electrons. The fourth-order valence-electron chi connectivity index (χ4n) is 1.70. The van der Waals surface area contributed by atoms with Crippen LogP contribution >= 0.6 is 0 Å². The van der Waals surface area contributed by atoms with Crippen LogP contribution in [0.15, 0.2) is 34.3 Å². The quantitative estimate of drug-likeness (QED) is 0.300. The van der Waals surface area contributed by atoms with E-state index in [1.165, 1.54) is 6.08 Å². The molecule has 2 aromatic rings. The highest BCUT2D eigenvalue weighted by Gasteiger charge is 2.14. The highest BCUT2D eigenvalue weighted by molar-refractivity contribution is 6.12. The highest BCUT2D eigenvalue weighted by Crippen LogP contribution is 2.32. The van der Waals surface area contributed by atoms with Crippen LogP contribution in [0, 0.1) is 0 Å². The third-order valence-corrected chi connectivity index (χ3v) is 2.55. The Morgan fingerprint density at radius 1 is 1.37 bits per heavy atom. The van der Waals surface area contributed by atoms with Gasteiger partial charge in [0.25, 0.3) is 5.95 Å². The molecule has 0 spiro atoms. The summed E-state index contributed by atoms with van der Waals surface area (Å²) >= 11 is 0. The summed E-state index contributed by atoms with van der Waals surface area (Å²) < 4.78 is 9.88. The number of hydrogen-bond acceptors (Lipinski definition) is 5. The maximum atomic E-state index is 11.5. The van der Waals surface area contributed by atoms with E-state index in [9.17, 15) is 14.7 Å². The van der Waals surface area contributed by atoms with Crippen molar-refractivity contribution in [2.45, 2.75) is 6.92 Å². The van der Waals surface area contributed by atoms with Gasteiger partial charge in [0.15, 0.2) is 6.29 Å². The second-order valence-electron chi connectivity index (χ2n) is 3.76. The number of hydrogen-bond donors (Lipinski definition) is 1. The van der Waals surface area contributed by atoms with E-state index >= 15 is 0 Å². The number of benzene rings is 1. The SMILES string of the molecule is CCOC(=O)/C(C=O)=C/c1oc(O)c2ccccc12. The van der Waals surface area contributed by atoms with Crippen molar-refractivity contribution in [2.75, 3.05) is 6.61 Å². The van der Waals surface area contributed by atoms with E-state index in [1.807, 2.05) is 0 Å². The molecule has 19 heavy (non-hydrogen) atoms. The Labute approximate surface area is 109 Å². The minimum absolute atomic E-state index is 0.165. The standard InChI is InChI=1S/C14H12O5/c1-2-18-13(16)9(8-15)7-12-10-5-3-4-6-11(10)14(17)19-12/h3-8,17H,2H2,1H3/b9-7+. The van der Waals surface area contributed by atoms with Gasteiger partial charge in [-0.3, -0.25) is 4.79 Å². The molecule has 0 saturated heterocycles. The van der Waals surface area contributed by atoms with Crippen LogP contribution in [0.4, 0.5) is 0 Å². The topological polar surface area (TPSA) is 76.7 Å². The molecule has 1 N–H and O–H groups in total. The van der Waals surface area contributed by atoms with Gasteiger partial charge in [-0.25, -0.2) is 4.79 Å². The first kappa shape index (κ1) is 12.9. The third kappa shape index (κ3) is 2.49. The molecule has 0 amide bonds. The van der Waals surface area contributed by atoms with E-state index in [0.717, 1.165) is 0 Å². The lowest BCUT2D eigenvalue weighted by molar-refractivity contribution is -0.139. The van der Waals surface area contributed by atoms with Crippen molar-refractivity contribution >= 4 is 29.1 Å². The monoisotopic (exact) mass is 260 g/mol. The van der Waals surface area contributed by atoms with Gasteiger partial charge in [-0.2, -0.15) is 0 Å². The van der Waals surface area contributed by atoms with Gasteiger partial charge in [-0.1, -0.05) is 18.2 Å². The lowest BCUT2D eigenvalue weighted by Crippen LogP contribution is -2.08. The van der Waals surface area contributed by atoms with Crippen LogP contribution in [0.3, 0.4) is 0 Å². The number of aldehydes is 1. The Kier molecular flexibility index (Phi) is 3.66. The number of carbonyl (C=O) groups excluding carboxylic acids is 2. The summed E-state index contributed by atoms with van der Waals surface area (Å²) in [5, 5.41) is 10.8. The van der Waals surface area contributed by atoms with Crippen molar-refractivity contribution in [1.82, 2.24) is 0 Å². The molecule has 0 radical (unpaired) electrons. The average molecular weight is 260 g/mol. The fraction of sp³-hybridized carbons (Fsp3) is 0.143. The average Bonchev–Trinajstić information content (AvgIpc) is 2.73. The Morgan fingerprint density at radius 2 is 2.05 bits per heavy atom. The first-order chi connectivity index (χ1) is 9.17. The van der Waals surface area contributed by atoms with E-state index in [2.05, 4.69) is 0 Å². The van der Waals surface area contributed by atoms with E-state index in [0.29, 0.717) is 17.1 Å². The van der Waals surface area contributed by atoms with Crippen molar-refractivity contribution < 1.29 is 23.8 Å². The van der Waals surface area contributed by atoms with Gasteiger partial charge in [0.1, 0.15) is 11.3 Å². The zero-order valence-corrected chi connectivity index (χ0v) is 10.3. The number of carbonyl (C=O) groups is 2. The van der Waals surface area contributed by atoms with Crippen molar-refractivity contribution in [3.8, 4) is 5.95 Å². The molecule has 0 aliphatic heterocycles. The molecule has 0 aliphatic rings. The van der Waals surface area contributed by atoms with Crippen LogP contribution in [0.1, 0.15) is 12.7 Å². The summed E-state index contributed by atoms with van der Waals surface area (Å²) in [5.74, 6) is -0.739. The molecule has 1 aromatic heterocycles. The Bertz CT molecular complexity index is 651. The number of rotatable bonds is 4. The predicted molar refractivity (Wildman–Crippen MR) is 68.6 cm³/mol. The summed E-state index contributed by atoms with van der Waals surface area (Å²) in [6.07, 6.45) is 1.65. The van der Waals surface area contributed by atoms with E-state index in [1.54, 1.807) is 31.2 Å². The fourth-order valence-corrected chi connectivity index (χ4v) is 1.70. The molecule has 0 atom stereocenters. The van der Waals surface area contributed by atoms with E-state index < -0.39 is 5.97 Å². The minimum atomic E-state index is -0.725. The second-order valence-corrected chi connectivity index (χ2v) is 3.76. The zero-order chi connectivity index (χ0) is 13.8. The Balaban J connectivity index is 2.49. The maximum Gasteiger partial charge on any atom is 0.341 e. The number of ether oxygens (including phenoxy) is 1. The number of aromatic hydroxyl groups is 1. The molecule has 0 bridgehead atoms. The second kappa shape index (κ2) is 5.39. The summed E-state index contributed by atoms with van der Waals surface area (Å²) in [4.78, 5) is 22.4. The van der Waals surface area contributed by atoms with Crippen LogP contribution in [-0.4, -0.2) is 24.0 Å². The first-order valence-electron chi connectivity index (χ1n) is 5.71. The lowest BCUT2D eigenvalue weighted by Gasteiger charge is -1.99. The zero-order valence-electron chi connectivity index (χ0n) is 10.3. The highest BCUT2D eigenvalue weighted by atomic mass is 16.5. The summed E-state index contributed by atoms with van der Waals surface area (Å²) in [5.41, 5.74) is -0.165. The predicted octanol–water partition coefficient (Wildman–Crippen LogP) is 2.28. The normalized spacial score (nSPS) is 11.5. The minimum Gasteiger partial charge on any atom is -0.480 e. The van der Waals surface area contributed by atoms with Gasteiger partial charge >= 0.3 is 5.97 Å². The molecule has 1 aromatic carbocycles. The van der Waals surface area contributed by atoms with Gasteiger partial charge in [0, 0.05) is 5.39 Å². The van der Waals surface area contributed by atoms with Gasteiger partial charge in [-0.05, 0) is 19.1 Å². The first-order valence-corrected chi connectivity index (χ1v) is 5.71. The van der Waals surface area contributed by atoms with E-state index in [-0.39, 0.29) is 23.9 Å². The molecular formula is C14H12O5. The molecule has 2 rings (SSSR count). The van der Waals surface area contributed by atoms with Crippen molar-refractivity contribution in [1.29, 1.82) is 0 Å². The Hall–Kier alpha value is -2.56. The molecule has 5 heteroatoms. The van der Waals surface area contributed by atoms with Crippen LogP contribution in [0.25, 0.3) is 16.8 Å². The molecule has 0 aliphatic carbocycles. The maximum absolute atomic E-state index is 11.5. The molecule has 0 fully saturated rings. The van der Waals surface area contributed by atoms with Crippen LogP contribution in [-0.2, 0) is 14.3 Å². The van der Waals surface area contributed by atoms with Crippen molar-refractivity contribution in [3.05, 3.63) is 35.6 Å². The third-order valence-electron chi connectivity index (χ3n) is 2.55. The van der Waals surface area contributed by atoms with Crippen LogP contribution in [0.5, 0.6) is 5.95 Å². The molecule has 0 saturated carbocycles. The Morgan fingerprint density at radius 3 is 2.68 bits per heavy atom. The number of esters is 1. The molecule has 5 nitrogen and oxygen atoms in total. The number of fused-ring (bicyclic) bond motifs is 1. The molecule has 0 unspecified atom stereocenters. The molecular weight excluding hydrogens is 248 g/mol. The largest absolute Gasteiger partial charge is 0.480 e. The van der Waals surface area contributed by atoms with Crippen LogP contribution < -0.4 is 0 Å². The molecule has 1 heterocycles. The van der Waals surface area contributed by atoms with E-state index in [4.69, 9.17) is 9.15 Å². The van der Waals surface area contributed by atoms with Crippen LogP contribution in [0.2, 0.25) is 0 Å².